The van der Waals surface area contributed by atoms with Crippen molar-refractivity contribution in [1.82, 2.24) is 5.32 Å². The molecule has 29 heavy (non-hydrogen) atoms. The predicted octanol–water partition coefficient (Wildman–Crippen LogP) is 3.59. The lowest BCUT2D eigenvalue weighted by molar-refractivity contribution is -0.147. The minimum atomic E-state index is -1.04. The summed E-state index contributed by atoms with van der Waals surface area (Å²) in [6.45, 7) is 0. The number of amides is 1. The number of hydrogen-bond acceptors (Lipinski definition) is 4. The van der Waals surface area contributed by atoms with Gasteiger partial charge in [-0.1, -0.05) is 43.2 Å². The largest absolute Gasteiger partial charge is 0.481 e. The number of carboxylic acid groups (broad SMARTS) is 2. The summed E-state index contributed by atoms with van der Waals surface area (Å²) >= 11 is 1.53. The van der Waals surface area contributed by atoms with E-state index in [-0.39, 0.29) is 12.3 Å². The molecule has 160 valence electrons. The number of nitrogens with one attached hydrogen (secondary N) is 1. The first-order chi connectivity index (χ1) is 13.9. The van der Waals surface area contributed by atoms with E-state index in [1.54, 1.807) is 0 Å². The van der Waals surface area contributed by atoms with Crippen molar-refractivity contribution >= 4 is 29.6 Å². The van der Waals surface area contributed by atoms with Gasteiger partial charge in [0.15, 0.2) is 0 Å². The van der Waals surface area contributed by atoms with Crippen molar-refractivity contribution in [1.29, 1.82) is 0 Å². The summed E-state index contributed by atoms with van der Waals surface area (Å²) in [5.41, 5.74) is 0.291. The lowest BCUT2D eigenvalue weighted by Crippen LogP contribution is -2.49. The van der Waals surface area contributed by atoms with Gasteiger partial charge in [-0.05, 0) is 56.1 Å². The highest BCUT2D eigenvalue weighted by Gasteiger charge is 2.45. The maximum Gasteiger partial charge on any atom is 0.326 e. The molecule has 0 bridgehead atoms. The molecule has 7 heteroatoms. The molecule has 1 aliphatic rings. The van der Waals surface area contributed by atoms with Crippen LogP contribution in [-0.4, -0.2) is 46.1 Å². The molecule has 0 heterocycles. The Kier molecular flexibility index (Phi) is 9.01. The third-order valence-electron chi connectivity index (χ3n) is 5.87. The fourth-order valence-corrected chi connectivity index (χ4v) is 4.62. The number of hydrogen-bond donors (Lipinski definition) is 3. The van der Waals surface area contributed by atoms with Gasteiger partial charge >= 0.3 is 11.9 Å². The number of thioether (sulfide) groups is 1. The van der Waals surface area contributed by atoms with Crippen molar-refractivity contribution in [2.75, 3.05) is 12.0 Å². The van der Waals surface area contributed by atoms with E-state index in [9.17, 15) is 24.6 Å². The van der Waals surface area contributed by atoms with E-state index in [1.165, 1.54) is 11.8 Å². The molecule has 0 saturated heterocycles. The normalized spacial score (nSPS) is 17.4. The first kappa shape index (κ1) is 23.3. The zero-order valence-corrected chi connectivity index (χ0v) is 17.7. The fraction of sp³-hybridized carbons (Fsp3) is 0.591. The van der Waals surface area contributed by atoms with E-state index in [4.69, 9.17) is 0 Å². The van der Waals surface area contributed by atoms with E-state index in [0.29, 0.717) is 37.9 Å². The van der Waals surface area contributed by atoms with E-state index < -0.39 is 29.3 Å². The minimum Gasteiger partial charge on any atom is -0.481 e. The highest BCUT2D eigenvalue weighted by atomic mass is 32.2. The van der Waals surface area contributed by atoms with Crippen LogP contribution in [0.3, 0.4) is 0 Å². The molecule has 6 nitrogen and oxygen atoms in total. The van der Waals surface area contributed by atoms with Crippen molar-refractivity contribution in [2.24, 2.45) is 11.3 Å². The number of carboxylic acids is 2. The molecule has 0 spiro atoms. The average Bonchev–Trinajstić information content (AvgIpc) is 3.18. The molecule has 0 aromatic heterocycles. The first-order valence-corrected chi connectivity index (χ1v) is 11.6. The lowest BCUT2D eigenvalue weighted by atomic mass is 9.75. The van der Waals surface area contributed by atoms with Crippen molar-refractivity contribution in [3.05, 3.63) is 35.9 Å². The van der Waals surface area contributed by atoms with Gasteiger partial charge in [0.25, 0.3) is 0 Å². The smallest absolute Gasteiger partial charge is 0.326 e. The Bertz CT molecular complexity index is 688. The monoisotopic (exact) mass is 421 g/mol. The first-order valence-electron chi connectivity index (χ1n) is 10.2. The van der Waals surface area contributed by atoms with Crippen LogP contribution in [0.25, 0.3) is 0 Å². The Hall–Kier alpha value is -2.02. The maximum atomic E-state index is 13.1. The average molecular weight is 422 g/mol. The molecule has 1 aromatic rings. The van der Waals surface area contributed by atoms with Crippen LogP contribution in [-0.2, 0) is 20.8 Å². The van der Waals surface area contributed by atoms with Gasteiger partial charge in [-0.2, -0.15) is 11.8 Å². The van der Waals surface area contributed by atoms with Crippen molar-refractivity contribution in [3.63, 3.8) is 0 Å². The summed E-state index contributed by atoms with van der Waals surface area (Å²) in [6.07, 6.45) is 6.56. The van der Waals surface area contributed by atoms with E-state index in [1.807, 2.05) is 36.6 Å². The number of carbonyl (C=O) groups is 3. The molecule has 1 saturated carbocycles. The van der Waals surface area contributed by atoms with E-state index >= 15 is 0 Å². The fourth-order valence-electron chi connectivity index (χ4n) is 4.15. The van der Waals surface area contributed by atoms with Gasteiger partial charge in [0.1, 0.15) is 6.04 Å². The lowest BCUT2D eigenvalue weighted by Gasteiger charge is -2.32. The molecule has 2 rings (SSSR count). The number of carbonyl (C=O) groups excluding carboxylic acids is 1. The van der Waals surface area contributed by atoms with Gasteiger partial charge in [-0.15, -0.1) is 0 Å². The molecule has 2 atom stereocenters. The van der Waals surface area contributed by atoms with Gasteiger partial charge in [0.05, 0.1) is 11.3 Å². The molecular formula is C22H31NO5S. The van der Waals surface area contributed by atoms with E-state index in [0.717, 1.165) is 18.4 Å². The summed E-state index contributed by atoms with van der Waals surface area (Å²) in [6, 6.07) is 8.79. The quantitative estimate of drug-likeness (QED) is 0.476. The van der Waals surface area contributed by atoms with E-state index in [2.05, 4.69) is 5.32 Å². The second kappa shape index (κ2) is 11.2. The van der Waals surface area contributed by atoms with Gasteiger partial charge in [-0.3, -0.25) is 9.59 Å². The van der Waals surface area contributed by atoms with Crippen LogP contribution in [0, 0.1) is 11.3 Å². The topological polar surface area (TPSA) is 104 Å². The molecule has 1 aliphatic carbocycles. The number of aryl methyl sites for hydroxylation is 1. The third-order valence-corrected chi connectivity index (χ3v) is 6.51. The predicted molar refractivity (Wildman–Crippen MR) is 114 cm³/mol. The molecule has 1 fully saturated rings. The van der Waals surface area contributed by atoms with Gasteiger partial charge in [-0.25, -0.2) is 4.79 Å². The van der Waals surface area contributed by atoms with Crippen LogP contribution >= 0.6 is 11.8 Å². The molecule has 0 radical (unpaired) electrons. The summed E-state index contributed by atoms with van der Waals surface area (Å²) in [7, 11) is 0. The van der Waals surface area contributed by atoms with Crippen LogP contribution in [0.15, 0.2) is 30.3 Å². The standard InChI is InChI=1S/C22H31NO5S/c1-29-14-11-18(20(26)27)23-21(28)22(12-5-6-13-22)15-17(19(24)25)10-9-16-7-3-2-4-8-16/h2-4,7-8,17-18H,5-6,9-15H2,1H3,(H,23,28)(H,24,25)(H,26,27)/t17?,18-/m0/s1. The SMILES string of the molecule is CSCC[C@H](NC(=O)C1(CC(CCc2ccccc2)C(=O)O)CCCC1)C(=O)O. The molecule has 3 N–H and O–H groups in total. The number of benzene rings is 1. The Morgan fingerprint density at radius 1 is 1.07 bits per heavy atom. The highest BCUT2D eigenvalue weighted by molar-refractivity contribution is 7.98. The number of rotatable bonds is 12. The summed E-state index contributed by atoms with van der Waals surface area (Å²) < 4.78 is 0. The highest BCUT2D eigenvalue weighted by Crippen LogP contribution is 2.44. The second-order valence-electron chi connectivity index (χ2n) is 7.90. The third kappa shape index (κ3) is 6.77. The van der Waals surface area contributed by atoms with Crippen LogP contribution in [0.5, 0.6) is 0 Å². The summed E-state index contributed by atoms with van der Waals surface area (Å²) in [4.78, 5) is 36.6. The number of aliphatic carboxylic acids is 2. The van der Waals surface area contributed by atoms with Crippen molar-refractivity contribution in [2.45, 2.75) is 57.4 Å². The summed E-state index contributed by atoms with van der Waals surface area (Å²) in [5.74, 6) is -2.22. The van der Waals surface area contributed by atoms with Crippen molar-refractivity contribution in [3.8, 4) is 0 Å². The van der Waals surface area contributed by atoms with Crippen LogP contribution in [0.1, 0.15) is 50.5 Å². The Morgan fingerprint density at radius 3 is 2.28 bits per heavy atom. The zero-order chi connectivity index (χ0) is 21.3. The molecule has 1 amide bonds. The van der Waals surface area contributed by atoms with Crippen molar-refractivity contribution < 1.29 is 24.6 Å². The van der Waals surface area contributed by atoms with Gasteiger partial charge in [0, 0.05) is 0 Å². The maximum absolute atomic E-state index is 13.1. The van der Waals surface area contributed by atoms with Crippen LogP contribution < -0.4 is 5.32 Å². The molecular weight excluding hydrogens is 390 g/mol. The molecule has 1 aromatic carbocycles. The second-order valence-corrected chi connectivity index (χ2v) is 8.88. The van der Waals surface area contributed by atoms with Crippen LogP contribution in [0.2, 0.25) is 0 Å². The zero-order valence-electron chi connectivity index (χ0n) is 16.9. The van der Waals surface area contributed by atoms with Crippen LogP contribution in [0.4, 0.5) is 0 Å². The minimum absolute atomic E-state index is 0.260. The molecule has 0 aliphatic heterocycles. The summed E-state index contributed by atoms with van der Waals surface area (Å²) in [5, 5.41) is 21.9. The Morgan fingerprint density at radius 2 is 1.72 bits per heavy atom. The van der Waals surface area contributed by atoms with Gasteiger partial charge < -0.3 is 15.5 Å². The Labute approximate surface area is 176 Å². The Balaban J connectivity index is 2.09. The van der Waals surface area contributed by atoms with Gasteiger partial charge in [0.2, 0.25) is 5.91 Å². The molecule has 1 unspecified atom stereocenters.